The minimum absolute atomic E-state index is 0.0429. The van der Waals surface area contributed by atoms with Gasteiger partial charge in [-0.25, -0.2) is 0 Å². The van der Waals surface area contributed by atoms with E-state index in [1.807, 2.05) is 6.07 Å². The molecule has 0 aromatic heterocycles. The van der Waals surface area contributed by atoms with E-state index in [4.69, 9.17) is 5.73 Å². The summed E-state index contributed by atoms with van der Waals surface area (Å²) >= 11 is 0. The number of aromatic hydroxyl groups is 2. The highest BCUT2D eigenvalue weighted by molar-refractivity contribution is 5.42. The number of benzene rings is 1. The molecule has 1 aliphatic carbocycles. The molecule has 0 radical (unpaired) electrons. The molecule has 2 unspecified atom stereocenters. The highest BCUT2D eigenvalue weighted by Crippen LogP contribution is 2.41. The largest absolute Gasteiger partial charge is 0.504 e. The topological polar surface area (TPSA) is 69.7 Å². The van der Waals surface area contributed by atoms with Gasteiger partial charge < -0.3 is 15.9 Å². The van der Waals surface area contributed by atoms with Gasteiger partial charge in [-0.1, -0.05) is 6.07 Å². The molecule has 2 aliphatic rings. The van der Waals surface area contributed by atoms with Crippen LogP contribution < -0.4 is 5.73 Å². The van der Waals surface area contributed by atoms with Gasteiger partial charge in [0, 0.05) is 24.7 Å². The van der Waals surface area contributed by atoms with E-state index in [9.17, 15) is 10.2 Å². The second kappa shape index (κ2) is 3.89. The Hall–Kier alpha value is -1.26. The Bertz CT molecular complexity index is 431. The molecule has 1 aromatic carbocycles. The molecular formula is C13H18N2O2. The standard InChI is InChI=1S/C13H18N2O2/c14-9-6-11(15(7-9)10-2-3-10)8-1-4-12(16)13(17)5-8/h1,4-5,9-11,16-17H,2-3,6-7,14H2. The van der Waals surface area contributed by atoms with Crippen molar-refractivity contribution in [3.63, 3.8) is 0 Å². The van der Waals surface area contributed by atoms with Crippen molar-refractivity contribution < 1.29 is 10.2 Å². The Morgan fingerprint density at radius 2 is 1.94 bits per heavy atom. The van der Waals surface area contributed by atoms with Gasteiger partial charge in [0.2, 0.25) is 0 Å². The van der Waals surface area contributed by atoms with Gasteiger partial charge in [-0.2, -0.15) is 0 Å². The van der Waals surface area contributed by atoms with Crippen molar-refractivity contribution in [3.05, 3.63) is 23.8 Å². The van der Waals surface area contributed by atoms with Crippen molar-refractivity contribution in [1.82, 2.24) is 4.90 Å². The number of nitrogens with zero attached hydrogens (tertiary/aromatic N) is 1. The molecule has 17 heavy (non-hydrogen) atoms. The van der Waals surface area contributed by atoms with E-state index >= 15 is 0 Å². The third-order valence-electron chi connectivity index (χ3n) is 3.77. The third-order valence-corrected chi connectivity index (χ3v) is 3.77. The van der Waals surface area contributed by atoms with Gasteiger partial charge in [-0.15, -0.1) is 0 Å². The Labute approximate surface area is 101 Å². The van der Waals surface area contributed by atoms with Crippen LogP contribution in [0.2, 0.25) is 0 Å². The second-order valence-electron chi connectivity index (χ2n) is 5.19. The van der Waals surface area contributed by atoms with Crippen molar-refractivity contribution in [3.8, 4) is 11.5 Å². The van der Waals surface area contributed by atoms with Crippen molar-refractivity contribution in [2.45, 2.75) is 37.4 Å². The molecule has 4 heteroatoms. The van der Waals surface area contributed by atoms with E-state index in [2.05, 4.69) is 4.90 Å². The number of likely N-dealkylation sites (tertiary alicyclic amines) is 1. The normalized spacial score (nSPS) is 29.7. The molecule has 4 nitrogen and oxygen atoms in total. The summed E-state index contributed by atoms with van der Waals surface area (Å²) in [5.41, 5.74) is 7.09. The average molecular weight is 234 g/mol. The van der Waals surface area contributed by atoms with Crippen LogP contribution in [0.5, 0.6) is 11.5 Å². The summed E-state index contributed by atoms with van der Waals surface area (Å²) in [5, 5.41) is 18.9. The molecule has 1 aromatic rings. The SMILES string of the molecule is NC1CC(c2ccc(O)c(O)c2)N(C2CC2)C1. The molecule has 0 bridgehead atoms. The molecule has 4 N–H and O–H groups in total. The minimum Gasteiger partial charge on any atom is -0.504 e. The van der Waals surface area contributed by atoms with Gasteiger partial charge in [0.25, 0.3) is 0 Å². The number of phenolic OH excluding ortho intramolecular Hbond substituents is 2. The maximum Gasteiger partial charge on any atom is 0.157 e. The summed E-state index contributed by atoms with van der Waals surface area (Å²) in [7, 11) is 0. The van der Waals surface area contributed by atoms with Crippen molar-refractivity contribution >= 4 is 0 Å². The number of nitrogens with two attached hydrogens (primary N) is 1. The quantitative estimate of drug-likeness (QED) is 0.675. The first-order chi connectivity index (χ1) is 8.15. The maximum absolute atomic E-state index is 9.57. The molecule has 2 atom stereocenters. The summed E-state index contributed by atoms with van der Waals surface area (Å²) in [4.78, 5) is 2.44. The Kier molecular flexibility index (Phi) is 2.49. The fraction of sp³-hybridized carbons (Fsp3) is 0.538. The summed E-state index contributed by atoms with van der Waals surface area (Å²) in [5.74, 6) is -0.104. The Morgan fingerprint density at radius 1 is 1.18 bits per heavy atom. The summed E-state index contributed by atoms with van der Waals surface area (Å²) in [6.07, 6.45) is 3.45. The Morgan fingerprint density at radius 3 is 2.59 bits per heavy atom. The van der Waals surface area contributed by atoms with Gasteiger partial charge >= 0.3 is 0 Å². The van der Waals surface area contributed by atoms with Crippen LogP contribution in [-0.2, 0) is 0 Å². The van der Waals surface area contributed by atoms with E-state index < -0.39 is 0 Å². The second-order valence-corrected chi connectivity index (χ2v) is 5.19. The maximum atomic E-state index is 9.57. The van der Waals surface area contributed by atoms with E-state index in [1.54, 1.807) is 12.1 Å². The van der Waals surface area contributed by atoms with Gasteiger partial charge in [0.05, 0.1) is 0 Å². The molecule has 1 aliphatic heterocycles. The molecular weight excluding hydrogens is 216 g/mol. The van der Waals surface area contributed by atoms with Gasteiger partial charge in [-0.3, -0.25) is 4.90 Å². The summed E-state index contributed by atoms with van der Waals surface area (Å²) in [6.45, 7) is 0.941. The molecule has 0 spiro atoms. The van der Waals surface area contributed by atoms with Crippen LogP contribution in [0.15, 0.2) is 18.2 Å². The number of rotatable bonds is 2. The lowest BCUT2D eigenvalue weighted by Crippen LogP contribution is -2.29. The van der Waals surface area contributed by atoms with Crippen LogP contribution in [0.25, 0.3) is 0 Å². The van der Waals surface area contributed by atoms with Gasteiger partial charge in [-0.05, 0) is 37.0 Å². The van der Waals surface area contributed by atoms with Crippen molar-refractivity contribution in [2.24, 2.45) is 5.73 Å². The van der Waals surface area contributed by atoms with Crippen molar-refractivity contribution in [1.29, 1.82) is 0 Å². The first kappa shape index (κ1) is 10.9. The summed E-state index contributed by atoms with van der Waals surface area (Å²) in [6, 6.07) is 6.28. The molecule has 1 saturated carbocycles. The molecule has 1 heterocycles. The molecule has 2 fully saturated rings. The molecule has 92 valence electrons. The van der Waals surface area contributed by atoms with Crippen LogP contribution in [0, 0.1) is 0 Å². The molecule has 3 rings (SSSR count). The highest BCUT2D eigenvalue weighted by atomic mass is 16.3. The third kappa shape index (κ3) is 1.98. The monoisotopic (exact) mass is 234 g/mol. The number of phenols is 2. The van der Waals surface area contributed by atoms with Crippen LogP contribution >= 0.6 is 0 Å². The smallest absolute Gasteiger partial charge is 0.157 e. The van der Waals surface area contributed by atoms with Gasteiger partial charge in [0.1, 0.15) is 0 Å². The van der Waals surface area contributed by atoms with E-state index in [0.717, 1.165) is 18.5 Å². The summed E-state index contributed by atoms with van der Waals surface area (Å²) < 4.78 is 0. The van der Waals surface area contributed by atoms with Crippen LogP contribution in [0.3, 0.4) is 0 Å². The molecule has 0 amide bonds. The zero-order chi connectivity index (χ0) is 12.0. The fourth-order valence-electron chi connectivity index (χ4n) is 2.78. The van der Waals surface area contributed by atoms with Crippen LogP contribution in [0.1, 0.15) is 30.9 Å². The van der Waals surface area contributed by atoms with Crippen LogP contribution in [0.4, 0.5) is 0 Å². The first-order valence-corrected chi connectivity index (χ1v) is 6.18. The van der Waals surface area contributed by atoms with E-state index in [-0.39, 0.29) is 17.5 Å². The number of hydrogen-bond donors (Lipinski definition) is 3. The first-order valence-electron chi connectivity index (χ1n) is 6.18. The zero-order valence-corrected chi connectivity index (χ0v) is 9.71. The minimum atomic E-state index is -0.0611. The predicted octanol–water partition coefficient (Wildman–Crippen LogP) is 1.33. The molecule has 1 saturated heterocycles. The lowest BCUT2D eigenvalue weighted by molar-refractivity contribution is 0.245. The lowest BCUT2D eigenvalue weighted by atomic mass is 10.0. The fourth-order valence-corrected chi connectivity index (χ4v) is 2.78. The van der Waals surface area contributed by atoms with E-state index in [1.165, 1.54) is 12.8 Å². The number of hydrogen-bond acceptors (Lipinski definition) is 4. The van der Waals surface area contributed by atoms with Crippen LogP contribution in [-0.4, -0.2) is 33.7 Å². The van der Waals surface area contributed by atoms with Crippen molar-refractivity contribution in [2.75, 3.05) is 6.54 Å². The predicted molar refractivity (Wildman–Crippen MR) is 64.8 cm³/mol. The van der Waals surface area contributed by atoms with E-state index in [0.29, 0.717) is 12.1 Å². The Balaban J connectivity index is 1.88. The zero-order valence-electron chi connectivity index (χ0n) is 9.71. The average Bonchev–Trinajstić information content (AvgIpc) is 3.06. The lowest BCUT2D eigenvalue weighted by Gasteiger charge is -2.24. The highest BCUT2D eigenvalue weighted by Gasteiger charge is 2.40. The van der Waals surface area contributed by atoms with Gasteiger partial charge in [0.15, 0.2) is 11.5 Å².